The van der Waals surface area contributed by atoms with E-state index in [-0.39, 0.29) is 31.7 Å². The van der Waals surface area contributed by atoms with Gasteiger partial charge in [-0.25, -0.2) is 0 Å². The molecule has 1 aliphatic rings. The number of benzene rings is 3. The topological polar surface area (TPSA) is 81.5 Å². The first-order chi connectivity index (χ1) is 20.6. The van der Waals surface area contributed by atoms with Gasteiger partial charge in [0.2, 0.25) is 18.6 Å². The second-order valence-electron chi connectivity index (χ2n) is 10.1. The van der Waals surface area contributed by atoms with E-state index in [1.165, 1.54) is 0 Å². The van der Waals surface area contributed by atoms with Crippen LogP contribution in [0.3, 0.4) is 0 Å². The molecule has 8 heteroatoms. The smallest absolute Gasteiger partial charge is 0.242 e. The first-order valence-corrected chi connectivity index (χ1v) is 14.3. The highest BCUT2D eigenvalue weighted by Gasteiger charge is 2.30. The Morgan fingerprint density at radius 2 is 1.55 bits per heavy atom. The van der Waals surface area contributed by atoms with E-state index < -0.39 is 5.92 Å². The fraction of sp³-hybridized carbons (Fsp3) is 0.294. The van der Waals surface area contributed by atoms with Crippen LogP contribution in [0.1, 0.15) is 41.7 Å². The summed E-state index contributed by atoms with van der Waals surface area (Å²) < 4.78 is 22.1. The molecule has 2 amide bonds. The average Bonchev–Trinajstić information content (AvgIpc) is 3.71. The van der Waals surface area contributed by atoms with Gasteiger partial charge in [0.15, 0.2) is 11.5 Å². The van der Waals surface area contributed by atoms with Gasteiger partial charge in [-0.2, -0.15) is 0 Å². The number of carbonyl (C=O) groups is 2. The van der Waals surface area contributed by atoms with Gasteiger partial charge in [0.05, 0.1) is 25.3 Å². The van der Waals surface area contributed by atoms with Crippen molar-refractivity contribution in [3.8, 4) is 11.5 Å². The number of fused-ring (bicyclic) bond motifs is 1. The van der Waals surface area contributed by atoms with Crippen molar-refractivity contribution >= 4 is 11.8 Å². The van der Waals surface area contributed by atoms with E-state index in [4.69, 9.17) is 18.6 Å². The molecular formula is C34H36N2O6. The molecule has 5 rings (SSSR count). The number of nitrogens with zero attached hydrogens (tertiary/aromatic N) is 2. The molecule has 0 N–H and O–H groups in total. The van der Waals surface area contributed by atoms with Gasteiger partial charge < -0.3 is 28.4 Å². The Bertz CT molecular complexity index is 1390. The predicted molar refractivity (Wildman–Crippen MR) is 158 cm³/mol. The summed E-state index contributed by atoms with van der Waals surface area (Å²) >= 11 is 0. The third kappa shape index (κ3) is 7.39. The summed E-state index contributed by atoms with van der Waals surface area (Å²) in [6, 6.07) is 28.7. The second kappa shape index (κ2) is 14.4. The summed E-state index contributed by atoms with van der Waals surface area (Å²) in [7, 11) is 0. The molecule has 3 aromatic carbocycles. The molecule has 218 valence electrons. The molecule has 0 fully saturated rings. The van der Waals surface area contributed by atoms with E-state index >= 15 is 0 Å². The number of hydrogen-bond acceptors (Lipinski definition) is 6. The predicted octanol–water partition coefficient (Wildman–Crippen LogP) is 5.62. The van der Waals surface area contributed by atoms with E-state index in [1.807, 2.05) is 91.9 Å². The lowest BCUT2D eigenvalue weighted by Gasteiger charge is -2.30. The fourth-order valence-electron chi connectivity index (χ4n) is 5.07. The molecule has 0 spiro atoms. The van der Waals surface area contributed by atoms with E-state index in [0.29, 0.717) is 50.0 Å². The maximum absolute atomic E-state index is 14.3. The van der Waals surface area contributed by atoms with Crippen molar-refractivity contribution in [3.63, 3.8) is 0 Å². The minimum Gasteiger partial charge on any atom is -0.467 e. The maximum atomic E-state index is 14.3. The number of furan rings is 1. The van der Waals surface area contributed by atoms with Crippen molar-refractivity contribution in [2.24, 2.45) is 0 Å². The lowest BCUT2D eigenvalue weighted by atomic mass is 9.90. The molecule has 8 nitrogen and oxygen atoms in total. The number of carbonyl (C=O) groups excluding carboxylic acids is 2. The van der Waals surface area contributed by atoms with Crippen molar-refractivity contribution in [1.29, 1.82) is 0 Å². The number of hydrogen-bond donors (Lipinski definition) is 0. The van der Waals surface area contributed by atoms with Gasteiger partial charge >= 0.3 is 0 Å². The van der Waals surface area contributed by atoms with E-state index in [0.717, 1.165) is 16.7 Å². The number of ether oxygens (including phenoxy) is 3. The highest BCUT2D eigenvalue weighted by Crippen LogP contribution is 2.33. The summed E-state index contributed by atoms with van der Waals surface area (Å²) in [6.45, 7) is 4.11. The molecule has 0 aliphatic carbocycles. The summed E-state index contributed by atoms with van der Waals surface area (Å²) in [4.78, 5) is 31.7. The molecule has 4 aromatic rings. The van der Waals surface area contributed by atoms with Crippen LogP contribution >= 0.6 is 0 Å². The Morgan fingerprint density at radius 3 is 2.21 bits per heavy atom. The van der Waals surface area contributed by atoms with Crippen molar-refractivity contribution in [3.05, 3.63) is 120 Å². The molecule has 0 radical (unpaired) electrons. The van der Waals surface area contributed by atoms with Crippen molar-refractivity contribution in [2.75, 3.05) is 33.1 Å². The van der Waals surface area contributed by atoms with Gasteiger partial charge in [-0.05, 0) is 54.3 Å². The van der Waals surface area contributed by atoms with Crippen LogP contribution in [0.2, 0.25) is 0 Å². The van der Waals surface area contributed by atoms with Crippen LogP contribution in [0.5, 0.6) is 11.5 Å². The number of amides is 2. The third-order valence-electron chi connectivity index (χ3n) is 7.16. The summed E-state index contributed by atoms with van der Waals surface area (Å²) in [5.74, 6) is 1.14. The van der Waals surface area contributed by atoms with Crippen molar-refractivity contribution in [2.45, 2.75) is 32.4 Å². The molecule has 0 saturated heterocycles. The first kappa shape index (κ1) is 29.0. The second-order valence-corrected chi connectivity index (χ2v) is 10.1. The number of rotatable bonds is 14. The summed E-state index contributed by atoms with van der Waals surface area (Å²) in [5, 5.41) is 0. The lowest BCUT2D eigenvalue weighted by molar-refractivity contribution is -0.142. The largest absolute Gasteiger partial charge is 0.467 e. The Morgan fingerprint density at radius 1 is 0.833 bits per heavy atom. The van der Waals surface area contributed by atoms with Crippen molar-refractivity contribution < 1.29 is 28.2 Å². The minimum atomic E-state index is -0.542. The van der Waals surface area contributed by atoms with Crippen LogP contribution in [0, 0.1) is 0 Å². The fourth-order valence-corrected chi connectivity index (χ4v) is 5.07. The van der Waals surface area contributed by atoms with Crippen LogP contribution in [-0.4, -0.2) is 54.7 Å². The van der Waals surface area contributed by atoms with Crippen LogP contribution in [0.15, 0.2) is 102 Å². The van der Waals surface area contributed by atoms with Crippen molar-refractivity contribution in [1.82, 2.24) is 9.80 Å². The molecule has 0 bridgehead atoms. The van der Waals surface area contributed by atoms with Gasteiger partial charge in [-0.3, -0.25) is 9.59 Å². The van der Waals surface area contributed by atoms with Gasteiger partial charge in [0.25, 0.3) is 0 Å². The Labute approximate surface area is 246 Å². The summed E-state index contributed by atoms with van der Waals surface area (Å²) in [6.07, 6.45) is 2.20. The molecule has 0 atom stereocenters. The molecule has 2 heterocycles. The zero-order valence-corrected chi connectivity index (χ0v) is 23.8. The third-order valence-corrected chi connectivity index (χ3v) is 7.16. The lowest BCUT2D eigenvalue weighted by Crippen LogP contribution is -2.45. The van der Waals surface area contributed by atoms with Crippen LogP contribution in [0.4, 0.5) is 0 Å². The van der Waals surface area contributed by atoms with Gasteiger partial charge in [-0.15, -0.1) is 0 Å². The molecule has 0 unspecified atom stereocenters. The average molecular weight is 569 g/mol. The van der Waals surface area contributed by atoms with Gasteiger partial charge in [0, 0.05) is 26.3 Å². The minimum absolute atomic E-state index is 0.0770. The molecule has 1 aromatic heterocycles. The highest BCUT2D eigenvalue weighted by molar-refractivity contribution is 5.91. The molecular weight excluding hydrogens is 532 g/mol. The summed E-state index contributed by atoms with van der Waals surface area (Å²) in [5.41, 5.74) is 2.65. The monoisotopic (exact) mass is 568 g/mol. The molecule has 42 heavy (non-hydrogen) atoms. The van der Waals surface area contributed by atoms with Crippen LogP contribution in [-0.2, 0) is 27.4 Å². The van der Waals surface area contributed by atoms with Gasteiger partial charge in [-0.1, -0.05) is 66.7 Å². The van der Waals surface area contributed by atoms with Gasteiger partial charge in [0.1, 0.15) is 5.76 Å². The molecule has 1 aliphatic heterocycles. The van der Waals surface area contributed by atoms with E-state index in [2.05, 4.69) is 0 Å². The SMILES string of the molecule is CCOCCCN(CC(=O)N(Cc1ccc2c(c1)OCO2)Cc1ccco1)C(=O)C(c1ccccc1)c1ccccc1. The Kier molecular flexibility index (Phi) is 9.90. The standard InChI is InChI=1S/C34H36N2O6/c1-2-39-19-10-18-35(34(38)33(27-11-5-3-6-12-27)28-13-7-4-8-14-28)24-32(37)36(23-29-15-9-20-40-29)22-26-16-17-30-31(21-26)42-25-41-30/h3-9,11-17,20-21,33H,2,10,18-19,22-25H2,1H3. The zero-order valence-electron chi connectivity index (χ0n) is 23.8. The zero-order chi connectivity index (χ0) is 29.1. The Balaban J connectivity index is 1.41. The van der Waals surface area contributed by atoms with E-state index in [1.54, 1.807) is 22.1 Å². The van der Waals surface area contributed by atoms with E-state index in [9.17, 15) is 9.59 Å². The van der Waals surface area contributed by atoms with Crippen LogP contribution < -0.4 is 9.47 Å². The molecule has 0 saturated carbocycles. The highest BCUT2D eigenvalue weighted by atomic mass is 16.7. The normalized spacial score (nSPS) is 12.0. The van der Waals surface area contributed by atoms with Crippen LogP contribution in [0.25, 0.3) is 0 Å². The maximum Gasteiger partial charge on any atom is 0.242 e. The quantitative estimate of drug-likeness (QED) is 0.184. The first-order valence-electron chi connectivity index (χ1n) is 14.3. The Hall–Kier alpha value is -4.56.